The Hall–Kier alpha value is -4.33. The maximum atomic E-state index is 15.1. The highest BCUT2D eigenvalue weighted by Crippen LogP contribution is 2.38. The van der Waals surface area contributed by atoms with Crippen molar-refractivity contribution in [3.63, 3.8) is 0 Å². The van der Waals surface area contributed by atoms with Crippen LogP contribution >= 0.6 is 23.8 Å². The molecule has 0 saturated heterocycles. The molecule has 6 rings (SSSR count). The Morgan fingerprint density at radius 2 is 1.68 bits per heavy atom. The van der Waals surface area contributed by atoms with Gasteiger partial charge in [-0.15, -0.1) is 0 Å². The summed E-state index contributed by atoms with van der Waals surface area (Å²) in [6.07, 6.45) is 0.281. The van der Waals surface area contributed by atoms with Gasteiger partial charge in [-0.05, 0) is 47.6 Å². The first kappa shape index (κ1) is 25.9. The van der Waals surface area contributed by atoms with E-state index in [9.17, 15) is 4.79 Å². The van der Waals surface area contributed by atoms with Crippen molar-refractivity contribution < 1.29 is 4.39 Å². The Morgan fingerprint density at radius 3 is 2.42 bits per heavy atom. The van der Waals surface area contributed by atoms with Gasteiger partial charge in [-0.2, -0.15) is 5.10 Å². The highest BCUT2D eigenvalue weighted by molar-refractivity contribution is 7.80. The second-order valence-electron chi connectivity index (χ2n) is 9.54. The van der Waals surface area contributed by atoms with Crippen molar-refractivity contribution in [3.8, 4) is 11.1 Å². The molecule has 1 aliphatic rings. The number of aromatic nitrogens is 1. The molecule has 0 radical (unpaired) electrons. The average molecular weight is 567 g/mol. The fourth-order valence-electron chi connectivity index (χ4n) is 5.14. The third kappa shape index (κ3) is 5.01. The van der Waals surface area contributed by atoms with Crippen LogP contribution in [-0.2, 0) is 6.54 Å². The number of hydrogen-bond acceptors (Lipinski definition) is 3. The van der Waals surface area contributed by atoms with Gasteiger partial charge in [-0.25, -0.2) is 9.40 Å². The molecule has 1 aromatic heterocycles. The number of pyridine rings is 1. The van der Waals surface area contributed by atoms with Crippen molar-refractivity contribution in [2.45, 2.75) is 19.0 Å². The summed E-state index contributed by atoms with van der Waals surface area (Å²) in [5.74, 6) is -0.359. The summed E-state index contributed by atoms with van der Waals surface area (Å²) in [6, 6.07) is 30.9. The van der Waals surface area contributed by atoms with Crippen molar-refractivity contribution in [2.24, 2.45) is 5.10 Å². The van der Waals surface area contributed by atoms with Gasteiger partial charge in [-0.3, -0.25) is 4.79 Å². The van der Waals surface area contributed by atoms with E-state index in [1.165, 1.54) is 6.07 Å². The number of halogens is 2. The zero-order chi connectivity index (χ0) is 27.6. The molecule has 0 bridgehead atoms. The van der Waals surface area contributed by atoms with E-state index in [0.717, 1.165) is 22.1 Å². The number of aromatic amines is 1. The lowest BCUT2D eigenvalue weighted by Crippen LogP contribution is -2.36. The molecule has 0 fully saturated rings. The maximum absolute atomic E-state index is 15.1. The Balaban J connectivity index is 1.49. The zero-order valence-electron chi connectivity index (χ0n) is 21.3. The van der Waals surface area contributed by atoms with E-state index in [-0.39, 0.29) is 17.8 Å². The van der Waals surface area contributed by atoms with Gasteiger partial charge in [0, 0.05) is 40.0 Å². The van der Waals surface area contributed by atoms with Crippen LogP contribution in [0.4, 0.5) is 4.39 Å². The van der Waals surface area contributed by atoms with Crippen LogP contribution in [0.15, 0.2) is 113 Å². The average Bonchev–Trinajstić information content (AvgIpc) is 3.41. The topological polar surface area (TPSA) is 60.5 Å². The van der Waals surface area contributed by atoms with Gasteiger partial charge in [-0.1, -0.05) is 90.5 Å². The number of H-pyrrole nitrogens is 1. The lowest BCUT2D eigenvalue weighted by molar-refractivity contribution is 0.353. The molecule has 1 atom stereocenters. The van der Waals surface area contributed by atoms with Gasteiger partial charge in [0.2, 0.25) is 0 Å². The zero-order valence-corrected chi connectivity index (χ0v) is 22.8. The van der Waals surface area contributed by atoms with Gasteiger partial charge in [0.1, 0.15) is 5.82 Å². The second kappa shape index (κ2) is 11.0. The summed E-state index contributed by atoms with van der Waals surface area (Å²) in [4.78, 5) is 16.7. The van der Waals surface area contributed by atoms with Gasteiger partial charge in [0.15, 0.2) is 5.11 Å². The van der Waals surface area contributed by atoms with Crippen molar-refractivity contribution in [3.05, 3.63) is 141 Å². The van der Waals surface area contributed by atoms with Gasteiger partial charge in [0.25, 0.3) is 5.56 Å². The molecule has 198 valence electrons. The quantitative estimate of drug-likeness (QED) is 0.221. The summed E-state index contributed by atoms with van der Waals surface area (Å²) in [5, 5.41) is 11.4. The molecule has 4 aromatic carbocycles. The van der Waals surface area contributed by atoms with E-state index in [2.05, 4.69) is 10.3 Å². The minimum Gasteiger partial charge on any atom is -0.357 e. The first-order chi connectivity index (χ1) is 19.5. The second-order valence-corrected chi connectivity index (χ2v) is 10.4. The number of benzene rings is 4. The highest BCUT2D eigenvalue weighted by Gasteiger charge is 2.35. The number of nitrogens with one attached hydrogen (secondary N) is 2. The normalized spacial score (nSPS) is 14.8. The molecule has 0 unspecified atom stereocenters. The number of nitrogens with zero attached hydrogens (tertiary/aromatic N) is 2. The summed E-state index contributed by atoms with van der Waals surface area (Å²) in [5.41, 5.74) is 4.37. The van der Waals surface area contributed by atoms with Crippen molar-refractivity contribution in [1.82, 2.24) is 15.3 Å². The third-order valence-electron chi connectivity index (χ3n) is 7.00. The SMILES string of the molecule is O=c1[nH]c2ccc(Cl)cc2c(-c2ccccc2)c1C1=NN(C(=S)NCc2ccccc2)[C@@H](c2ccccc2F)C1. The van der Waals surface area contributed by atoms with Crippen LogP contribution in [0.5, 0.6) is 0 Å². The molecule has 0 spiro atoms. The van der Waals surface area contributed by atoms with E-state index in [1.54, 1.807) is 35.3 Å². The van der Waals surface area contributed by atoms with E-state index in [4.69, 9.17) is 28.9 Å². The van der Waals surface area contributed by atoms with Crippen LogP contribution in [-0.4, -0.2) is 20.8 Å². The Morgan fingerprint density at radius 1 is 0.975 bits per heavy atom. The van der Waals surface area contributed by atoms with Crippen molar-refractivity contribution in [1.29, 1.82) is 0 Å². The van der Waals surface area contributed by atoms with E-state index in [1.807, 2.05) is 66.7 Å². The van der Waals surface area contributed by atoms with Gasteiger partial charge < -0.3 is 10.3 Å². The van der Waals surface area contributed by atoms with Crippen LogP contribution < -0.4 is 10.9 Å². The molecule has 1 aliphatic heterocycles. The Bertz CT molecular complexity index is 1810. The highest BCUT2D eigenvalue weighted by atomic mass is 35.5. The van der Waals surface area contributed by atoms with Crippen molar-refractivity contribution >= 4 is 45.5 Å². The predicted octanol–water partition coefficient (Wildman–Crippen LogP) is 7.21. The standard InChI is InChI=1S/C32H24ClFN4OS/c33-22-15-16-26-24(17-22)29(21-11-5-2-6-12-21)30(31(39)36-26)27-18-28(23-13-7-8-14-25(23)34)38(37-27)32(40)35-19-20-9-3-1-4-10-20/h1-17,28H,18-19H2,(H,35,40)(H,36,39)/t28-/m1/s1. The molecular formula is C32H24ClFN4OS. The number of hydrazone groups is 1. The van der Waals surface area contributed by atoms with E-state index >= 15 is 4.39 Å². The minimum atomic E-state index is -0.537. The van der Waals surface area contributed by atoms with E-state index < -0.39 is 6.04 Å². The Labute approximate surface area is 240 Å². The van der Waals surface area contributed by atoms with E-state index in [0.29, 0.717) is 39.0 Å². The van der Waals surface area contributed by atoms with Crippen LogP contribution in [0.3, 0.4) is 0 Å². The van der Waals surface area contributed by atoms with Gasteiger partial charge >= 0.3 is 0 Å². The molecule has 2 N–H and O–H groups in total. The maximum Gasteiger partial charge on any atom is 0.258 e. The lowest BCUT2D eigenvalue weighted by Gasteiger charge is -2.25. The monoisotopic (exact) mass is 566 g/mol. The predicted molar refractivity (Wildman–Crippen MR) is 163 cm³/mol. The fraction of sp³-hybridized carbons (Fsp3) is 0.0938. The smallest absolute Gasteiger partial charge is 0.258 e. The van der Waals surface area contributed by atoms with Crippen LogP contribution in [0.1, 0.15) is 29.2 Å². The van der Waals surface area contributed by atoms with Crippen LogP contribution in [0.2, 0.25) is 5.02 Å². The summed E-state index contributed by atoms with van der Waals surface area (Å²) in [6.45, 7) is 0.481. The molecule has 2 heterocycles. The minimum absolute atomic E-state index is 0.281. The fourth-order valence-corrected chi connectivity index (χ4v) is 5.55. The number of fused-ring (bicyclic) bond motifs is 1. The molecule has 0 saturated carbocycles. The van der Waals surface area contributed by atoms with Crippen LogP contribution in [0, 0.1) is 5.82 Å². The first-order valence-electron chi connectivity index (χ1n) is 12.8. The number of hydrogen-bond donors (Lipinski definition) is 2. The van der Waals surface area contributed by atoms with Gasteiger partial charge in [0.05, 0.1) is 17.3 Å². The summed E-state index contributed by atoms with van der Waals surface area (Å²) < 4.78 is 15.1. The number of rotatable bonds is 5. The molecule has 8 heteroatoms. The summed E-state index contributed by atoms with van der Waals surface area (Å²) in [7, 11) is 0. The molecule has 5 nitrogen and oxygen atoms in total. The largest absolute Gasteiger partial charge is 0.357 e. The molecular weight excluding hydrogens is 543 g/mol. The third-order valence-corrected chi connectivity index (χ3v) is 7.56. The van der Waals surface area contributed by atoms with Crippen LogP contribution in [0.25, 0.3) is 22.0 Å². The lowest BCUT2D eigenvalue weighted by atomic mass is 9.91. The summed E-state index contributed by atoms with van der Waals surface area (Å²) >= 11 is 12.2. The number of thiocarbonyl (C=S) groups is 1. The molecule has 40 heavy (non-hydrogen) atoms. The first-order valence-corrected chi connectivity index (χ1v) is 13.6. The molecule has 0 amide bonds. The molecule has 5 aromatic rings. The van der Waals surface area contributed by atoms with Crippen molar-refractivity contribution in [2.75, 3.05) is 0 Å². The molecule has 0 aliphatic carbocycles. The Kier molecular flexibility index (Phi) is 7.15.